The van der Waals surface area contributed by atoms with E-state index >= 15 is 0 Å². The number of hydrogen-bond acceptors (Lipinski definition) is 7. The molecule has 0 fully saturated rings. The van der Waals surface area contributed by atoms with Crippen LogP contribution in [0.4, 0.5) is 17.6 Å². The second-order valence-electron chi connectivity index (χ2n) is 9.23. The van der Waals surface area contributed by atoms with Gasteiger partial charge in [-0.3, -0.25) is 4.79 Å². The molecule has 0 aliphatic carbocycles. The van der Waals surface area contributed by atoms with Crippen molar-refractivity contribution in [2.45, 2.75) is 51.4 Å². The average molecular weight is 574 g/mol. The Morgan fingerprint density at radius 1 is 1.08 bits per heavy atom. The number of benzene rings is 1. The zero-order valence-electron chi connectivity index (χ0n) is 21.5. The number of ether oxygens (including phenoxy) is 2. The maximum Gasteiger partial charge on any atom is 0.392 e. The van der Waals surface area contributed by atoms with Gasteiger partial charge in [0.05, 0.1) is 18.7 Å². The number of nitrogens with one attached hydrogen (secondary N) is 1. The highest BCUT2D eigenvalue weighted by Crippen LogP contribution is 2.30. The predicted molar refractivity (Wildman–Crippen MR) is 139 cm³/mol. The van der Waals surface area contributed by atoms with Gasteiger partial charge in [0.1, 0.15) is 23.2 Å². The second kappa shape index (κ2) is 12.0. The minimum absolute atomic E-state index is 0. The standard InChI is InChI=1S/C26H27F4N3O5S.2H2/c1-15(2)14-37-20-11-18(10-19(27)12-20)22-9-8-21(25(32-22)38-17(4)13-26(28,29)30)24(34)33-39(35,36)23-7-5-6-16(3)31-23;;/h5-12,15,17H,13-14H2,1-4H3,(H,33,34);2*1H. The summed E-state index contributed by atoms with van der Waals surface area (Å²) in [6, 6.07) is 10.4. The molecule has 8 nitrogen and oxygen atoms in total. The van der Waals surface area contributed by atoms with Crippen molar-refractivity contribution in [2.24, 2.45) is 5.92 Å². The van der Waals surface area contributed by atoms with Crippen LogP contribution in [0.5, 0.6) is 11.6 Å². The fraction of sp³-hybridized carbons (Fsp3) is 0.346. The van der Waals surface area contributed by atoms with E-state index in [1.165, 1.54) is 30.3 Å². The van der Waals surface area contributed by atoms with Gasteiger partial charge in [0, 0.05) is 20.2 Å². The molecule has 0 spiro atoms. The molecule has 0 saturated heterocycles. The van der Waals surface area contributed by atoms with Crippen LogP contribution in [0.3, 0.4) is 0 Å². The number of sulfonamides is 1. The lowest BCUT2D eigenvalue weighted by Crippen LogP contribution is -2.32. The average Bonchev–Trinajstić information content (AvgIpc) is 2.81. The molecule has 0 aliphatic rings. The molecule has 1 unspecified atom stereocenters. The number of halogens is 4. The van der Waals surface area contributed by atoms with Gasteiger partial charge in [0.25, 0.3) is 15.9 Å². The van der Waals surface area contributed by atoms with Gasteiger partial charge in [0.15, 0.2) is 5.03 Å². The third-order valence-electron chi connectivity index (χ3n) is 5.05. The maximum absolute atomic E-state index is 14.3. The maximum atomic E-state index is 14.3. The van der Waals surface area contributed by atoms with Gasteiger partial charge < -0.3 is 9.47 Å². The van der Waals surface area contributed by atoms with Crippen molar-refractivity contribution >= 4 is 15.9 Å². The molecule has 1 N–H and O–H groups in total. The number of aryl methyl sites for hydroxylation is 1. The van der Waals surface area contributed by atoms with E-state index in [1.54, 1.807) is 13.0 Å². The van der Waals surface area contributed by atoms with Gasteiger partial charge >= 0.3 is 6.18 Å². The number of amides is 1. The minimum atomic E-state index is -4.58. The summed E-state index contributed by atoms with van der Waals surface area (Å²) in [6.45, 7) is 6.81. The van der Waals surface area contributed by atoms with Gasteiger partial charge in [-0.25, -0.2) is 19.1 Å². The van der Waals surface area contributed by atoms with Crippen LogP contribution < -0.4 is 14.2 Å². The summed E-state index contributed by atoms with van der Waals surface area (Å²) in [6.07, 6.45) is -7.42. The molecule has 1 atom stereocenters. The number of carbonyl (C=O) groups excluding carboxylic acids is 1. The molecule has 1 amide bonds. The van der Waals surface area contributed by atoms with E-state index in [-0.39, 0.29) is 25.8 Å². The second-order valence-corrected chi connectivity index (χ2v) is 10.9. The Hall–Kier alpha value is -3.74. The number of carbonyl (C=O) groups is 1. The van der Waals surface area contributed by atoms with Crippen molar-refractivity contribution in [1.82, 2.24) is 14.7 Å². The van der Waals surface area contributed by atoms with Crippen molar-refractivity contribution in [3.05, 3.63) is 65.6 Å². The molecule has 1 aromatic carbocycles. The summed E-state index contributed by atoms with van der Waals surface area (Å²) in [5.41, 5.74) is 0.188. The van der Waals surface area contributed by atoms with Crippen LogP contribution in [0.15, 0.2) is 53.6 Å². The van der Waals surface area contributed by atoms with E-state index in [4.69, 9.17) is 9.47 Å². The molecule has 3 aromatic rings. The minimum Gasteiger partial charge on any atom is -0.493 e. The fourth-order valence-electron chi connectivity index (χ4n) is 3.38. The van der Waals surface area contributed by atoms with E-state index in [2.05, 4.69) is 9.97 Å². The van der Waals surface area contributed by atoms with Crippen LogP contribution in [0.25, 0.3) is 11.3 Å². The Bertz CT molecular complexity index is 1460. The molecule has 3 rings (SSSR count). The van der Waals surface area contributed by atoms with Crippen molar-refractivity contribution < 1.29 is 43.1 Å². The van der Waals surface area contributed by atoms with E-state index in [0.29, 0.717) is 12.3 Å². The Morgan fingerprint density at radius 2 is 1.79 bits per heavy atom. The Labute approximate surface area is 226 Å². The highest BCUT2D eigenvalue weighted by atomic mass is 32.2. The first-order valence-corrected chi connectivity index (χ1v) is 13.3. The summed E-state index contributed by atoms with van der Waals surface area (Å²) < 4.78 is 91.3. The van der Waals surface area contributed by atoms with E-state index in [0.717, 1.165) is 19.1 Å². The van der Waals surface area contributed by atoms with Crippen molar-refractivity contribution in [3.8, 4) is 22.9 Å². The van der Waals surface area contributed by atoms with E-state index < -0.39 is 56.9 Å². The molecule has 2 aromatic heterocycles. The highest BCUT2D eigenvalue weighted by Gasteiger charge is 2.32. The first kappa shape index (κ1) is 29.8. The summed E-state index contributed by atoms with van der Waals surface area (Å²) in [7, 11) is -4.43. The van der Waals surface area contributed by atoms with Gasteiger partial charge in [-0.1, -0.05) is 19.9 Å². The third-order valence-corrected chi connectivity index (χ3v) is 6.28. The SMILES string of the molecule is Cc1cccc(S(=O)(=O)NC(=O)c2ccc(-c3cc(F)cc(OCC(C)C)c3)nc2OC(C)CC(F)(F)F)n1.[HH].[HH]. The summed E-state index contributed by atoms with van der Waals surface area (Å²) in [5.74, 6) is -2.06. The first-order chi connectivity index (χ1) is 18.1. The van der Waals surface area contributed by atoms with Gasteiger partial charge in [-0.15, -0.1) is 0 Å². The number of rotatable bonds is 10. The number of pyridine rings is 2. The topological polar surface area (TPSA) is 107 Å². The van der Waals surface area contributed by atoms with Gasteiger partial charge in [-0.05, 0) is 56.2 Å². The Morgan fingerprint density at radius 3 is 2.44 bits per heavy atom. The van der Waals surface area contributed by atoms with Crippen molar-refractivity contribution in [3.63, 3.8) is 0 Å². The van der Waals surface area contributed by atoms with E-state index in [9.17, 15) is 30.8 Å². The van der Waals surface area contributed by atoms with Crippen LogP contribution in [0.1, 0.15) is 46.1 Å². The molecular formula is C26H31F4N3O5S. The summed E-state index contributed by atoms with van der Waals surface area (Å²) in [4.78, 5) is 21.0. The van der Waals surface area contributed by atoms with Crippen LogP contribution in [0.2, 0.25) is 0 Å². The summed E-state index contributed by atoms with van der Waals surface area (Å²) in [5, 5.41) is -0.429. The van der Waals surface area contributed by atoms with Crippen LogP contribution in [-0.4, -0.2) is 43.2 Å². The number of aromatic nitrogens is 2. The molecule has 0 bridgehead atoms. The van der Waals surface area contributed by atoms with Crippen LogP contribution in [-0.2, 0) is 10.0 Å². The van der Waals surface area contributed by atoms with Gasteiger partial charge in [0.2, 0.25) is 5.88 Å². The molecule has 39 heavy (non-hydrogen) atoms. The molecule has 0 aliphatic heterocycles. The zero-order valence-corrected chi connectivity index (χ0v) is 22.4. The smallest absolute Gasteiger partial charge is 0.392 e. The predicted octanol–water partition coefficient (Wildman–Crippen LogP) is 5.96. The normalized spacial score (nSPS) is 12.7. The fourth-order valence-corrected chi connectivity index (χ4v) is 4.36. The monoisotopic (exact) mass is 573 g/mol. The molecule has 2 heterocycles. The van der Waals surface area contributed by atoms with Crippen molar-refractivity contribution in [1.29, 1.82) is 0 Å². The van der Waals surface area contributed by atoms with Crippen LogP contribution >= 0.6 is 0 Å². The first-order valence-electron chi connectivity index (χ1n) is 11.8. The van der Waals surface area contributed by atoms with E-state index in [1.807, 2.05) is 18.6 Å². The Kier molecular flexibility index (Phi) is 9.15. The lowest BCUT2D eigenvalue weighted by atomic mass is 10.1. The number of nitrogens with zero attached hydrogens (tertiary/aromatic N) is 2. The molecule has 13 heteroatoms. The number of hydrogen-bond donors (Lipinski definition) is 1. The summed E-state index contributed by atoms with van der Waals surface area (Å²) >= 11 is 0. The lowest BCUT2D eigenvalue weighted by molar-refractivity contribution is -0.149. The molecule has 0 radical (unpaired) electrons. The van der Waals surface area contributed by atoms with Gasteiger partial charge in [-0.2, -0.15) is 21.6 Å². The molecule has 214 valence electrons. The molecule has 0 saturated carbocycles. The largest absolute Gasteiger partial charge is 0.493 e. The third kappa shape index (κ3) is 8.63. The quantitative estimate of drug-likeness (QED) is 0.299. The highest BCUT2D eigenvalue weighted by molar-refractivity contribution is 7.90. The number of alkyl halides is 3. The zero-order chi connectivity index (χ0) is 29.0. The Balaban J connectivity index is 0.00000420. The van der Waals surface area contributed by atoms with Crippen molar-refractivity contribution in [2.75, 3.05) is 6.61 Å². The molecular weight excluding hydrogens is 542 g/mol. The van der Waals surface area contributed by atoms with Crippen LogP contribution in [0, 0.1) is 18.7 Å². The lowest BCUT2D eigenvalue weighted by Gasteiger charge is -2.18.